The Balaban J connectivity index is 2.34. The summed E-state index contributed by atoms with van der Waals surface area (Å²) in [5, 5.41) is 9.45. The van der Waals surface area contributed by atoms with E-state index in [-0.39, 0.29) is 6.61 Å². The zero-order valence-corrected chi connectivity index (χ0v) is 9.22. The van der Waals surface area contributed by atoms with Crippen LogP contribution in [0.15, 0.2) is 24.3 Å². The largest absolute Gasteiger partial charge is 0.497 e. The van der Waals surface area contributed by atoms with Crippen molar-refractivity contribution in [1.82, 2.24) is 0 Å². The maximum absolute atomic E-state index is 9.45. The number of aliphatic hydroxyl groups is 1. The van der Waals surface area contributed by atoms with Gasteiger partial charge in [-0.3, -0.25) is 0 Å². The molecule has 1 unspecified atom stereocenters. The molecule has 0 bridgehead atoms. The van der Waals surface area contributed by atoms with Gasteiger partial charge in [0.25, 0.3) is 0 Å². The third-order valence-electron chi connectivity index (χ3n) is 2.08. The van der Waals surface area contributed by atoms with Gasteiger partial charge in [-0.25, -0.2) is 6.57 Å². The molecule has 0 saturated heterocycles. The highest BCUT2D eigenvalue weighted by molar-refractivity contribution is 5.31. The van der Waals surface area contributed by atoms with Crippen LogP contribution >= 0.6 is 0 Å². The SMILES string of the molecule is [C-]#[N+]CCC(O)COc1ccc(OC)cc1. The van der Waals surface area contributed by atoms with Crippen molar-refractivity contribution in [2.45, 2.75) is 12.5 Å². The van der Waals surface area contributed by atoms with Gasteiger partial charge < -0.3 is 19.4 Å². The Morgan fingerprint density at radius 1 is 1.31 bits per heavy atom. The molecule has 0 amide bonds. The molecule has 1 aromatic rings. The molecular formula is C12H15NO3. The van der Waals surface area contributed by atoms with E-state index in [1.807, 2.05) is 0 Å². The minimum Gasteiger partial charge on any atom is -0.497 e. The molecule has 4 nitrogen and oxygen atoms in total. The van der Waals surface area contributed by atoms with Crippen molar-refractivity contribution in [2.24, 2.45) is 0 Å². The van der Waals surface area contributed by atoms with E-state index < -0.39 is 6.10 Å². The lowest BCUT2D eigenvalue weighted by Crippen LogP contribution is -2.18. The van der Waals surface area contributed by atoms with Crippen LogP contribution in [0.3, 0.4) is 0 Å². The molecule has 1 N–H and O–H groups in total. The first-order valence-corrected chi connectivity index (χ1v) is 5.04. The topological polar surface area (TPSA) is 43.0 Å². The Hall–Kier alpha value is -1.73. The number of aliphatic hydroxyl groups excluding tert-OH is 1. The zero-order valence-electron chi connectivity index (χ0n) is 9.22. The molecule has 4 heteroatoms. The van der Waals surface area contributed by atoms with Crippen molar-refractivity contribution in [1.29, 1.82) is 0 Å². The molecule has 1 aromatic carbocycles. The Labute approximate surface area is 95.2 Å². The molecule has 0 aliphatic rings. The molecule has 0 aromatic heterocycles. The fourth-order valence-electron chi connectivity index (χ4n) is 1.16. The summed E-state index contributed by atoms with van der Waals surface area (Å²) >= 11 is 0. The normalized spacial score (nSPS) is 11.6. The molecule has 0 fully saturated rings. The van der Waals surface area contributed by atoms with Gasteiger partial charge in [0.05, 0.1) is 13.2 Å². The Kier molecular flexibility index (Phi) is 5.17. The smallest absolute Gasteiger partial charge is 0.217 e. The Morgan fingerprint density at radius 3 is 2.50 bits per heavy atom. The summed E-state index contributed by atoms with van der Waals surface area (Å²) in [5.41, 5.74) is 0. The second-order valence-corrected chi connectivity index (χ2v) is 3.31. The quantitative estimate of drug-likeness (QED) is 0.744. The molecule has 86 valence electrons. The van der Waals surface area contributed by atoms with Crippen molar-refractivity contribution >= 4 is 0 Å². The summed E-state index contributed by atoms with van der Waals surface area (Å²) in [6.45, 7) is 7.13. The zero-order chi connectivity index (χ0) is 11.8. The van der Waals surface area contributed by atoms with Crippen LogP contribution in [-0.4, -0.2) is 31.5 Å². The third kappa shape index (κ3) is 4.20. The predicted octanol–water partition coefficient (Wildman–Crippen LogP) is 1.74. The number of benzene rings is 1. The highest BCUT2D eigenvalue weighted by atomic mass is 16.5. The van der Waals surface area contributed by atoms with E-state index >= 15 is 0 Å². The standard InChI is InChI=1S/C12H15NO3/c1-13-8-7-10(14)9-16-12-5-3-11(15-2)4-6-12/h3-6,10,14H,7-9H2,2H3. The number of ether oxygens (including phenoxy) is 2. The molecule has 0 heterocycles. The van der Waals surface area contributed by atoms with E-state index in [0.29, 0.717) is 18.7 Å². The first-order valence-electron chi connectivity index (χ1n) is 5.04. The van der Waals surface area contributed by atoms with Crippen LogP contribution < -0.4 is 9.47 Å². The molecule has 0 saturated carbocycles. The number of methoxy groups -OCH3 is 1. The van der Waals surface area contributed by atoms with E-state index in [9.17, 15) is 5.11 Å². The van der Waals surface area contributed by atoms with Crippen LogP contribution in [0, 0.1) is 6.57 Å². The third-order valence-corrected chi connectivity index (χ3v) is 2.08. The molecule has 0 aliphatic carbocycles. The summed E-state index contributed by atoms with van der Waals surface area (Å²) < 4.78 is 10.4. The van der Waals surface area contributed by atoms with Crippen molar-refractivity contribution in [3.8, 4) is 11.5 Å². The maximum Gasteiger partial charge on any atom is 0.217 e. The van der Waals surface area contributed by atoms with Gasteiger partial charge in [0, 0.05) is 6.42 Å². The molecule has 0 spiro atoms. The molecule has 16 heavy (non-hydrogen) atoms. The molecule has 1 rings (SSSR count). The van der Waals surface area contributed by atoms with Crippen molar-refractivity contribution < 1.29 is 14.6 Å². The minimum absolute atomic E-state index is 0.210. The molecule has 0 aliphatic heterocycles. The van der Waals surface area contributed by atoms with E-state index in [2.05, 4.69) is 4.85 Å². The summed E-state index contributed by atoms with van der Waals surface area (Å²) in [6.07, 6.45) is -0.143. The van der Waals surface area contributed by atoms with Gasteiger partial charge in [0.1, 0.15) is 18.1 Å². The first-order chi connectivity index (χ1) is 7.76. The number of rotatable bonds is 6. The minimum atomic E-state index is -0.587. The fourth-order valence-corrected chi connectivity index (χ4v) is 1.16. The average Bonchev–Trinajstić information content (AvgIpc) is 2.34. The van der Waals surface area contributed by atoms with Crippen molar-refractivity contribution in [3.05, 3.63) is 35.7 Å². The van der Waals surface area contributed by atoms with Crippen molar-refractivity contribution in [2.75, 3.05) is 20.3 Å². The van der Waals surface area contributed by atoms with Crippen LogP contribution in [-0.2, 0) is 0 Å². The maximum atomic E-state index is 9.45. The van der Waals surface area contributed by atoms with Crippen LogP contribution in [0.1, 0.15) is 6.42 Å². The Bertz CT molecular complexity index is 342. The van der Waals surface area contributed by atoms with E-state index in [4.69, 9.17) is 16.0 Å². The molecule has 1 atom stereocenters. The van der Waals surface area contributed by atoms with Crippen LogP contribution in [0.2, 0.25) is 0 Å². The predicted molar refractivity (Wildman–Crippen MR) is 60.6 cm³/mol. The van der Waals surface area contributed by atoms with Gasteiger partial charge >= 0.3 is 0 Å². The van der Waals surface area contributed by atoms with E-state index in [1.165, 1.54) is 0 Å². The lowest BCUT2D eigenvalue weighted by Gasteiger charge is -2.10. The van der Waals surface area contributed by atoms with Crippen LogP contribution in [0.5, 0.6) is 11.5 Å². The lowest BCUT2D eigenvalue weighted by atomic mass is 10.2. The van der Waals surface area contributed by atoms with Gasteiger partial charge in [-0.1, -0.05) is 0 Å². The second kappa shape index (κ2) is 6.70. The first kappa shape index (κ1) is 12.3. The van der Waals surface area contributed by atoms with Gasteiger partial charge in [-0.05, 0) is 24.3 Å². The number of hydrogen-bond donors (Lipinski definition) is 1. The highest BCUT2D eigenvalue weighted by Gasteiger charge is 2.06. The highest BCUT2D eigenvalue weighted by Crippen LogP contribution is 2.17. The van der Waals surface area contributed by atoms with Crippen molar-refractivity contribution in [3.63, 3.8) is 0 Å². The van der Waals surface area contributed by atoms with Crippen LogP contribution in [0.4, 0.5) is 0 Å². The van der Waals surface area contributed by atoms with Gasteiger partial charge in [0.2, 0.25) is 6.54 Å². The summed E-state index contributed by atoms with van der Waals surface area (Å²) in [6, 6.07) is 7.14. The fraction of sp³-hybridized carbons (Fsp3) is 0.417. The summed E-state index contributed by atoms with van der Waals surface area (Å²) in [7, 11) is 1.60. The second-order valence-electron chi connectivity index (χ2n) is 3.31. The van der Waals surface area contributed by atoms with Gasteiger partial charge in [-0.2, -0.15) is 0 Å². The number of hydrogen-bond acceptors (Lipinski definition) is 3. The van der Waals surface area contributed by atoms with E-state index in [0.717, 1.165) is 5.75 Å². The monoisotopic (exact) mass is 221 g/mol. The summed E-state index contributed by atoms with van der Waals surface area (Å²) in [5.74, 6) is 1.45. The molecular weight excluding hydrogens is 206 g/mol. The van der Waals surface area contributed by atoms with Crippen LogP contribution in [0.25, 0.3) is 4.85 Å². The summed E-state index contributed by atoms with van der Waals surface area (Å²) in [4.78, 5) is 3.17. The average molecular weight is 221 g/mol. The lowest BCUT2D eigenvalue weighted by molar-refractivity contribution is 0.104. The molecule has 0 radical (unpaired) electrons. The van der Waals surface area contributed by atoms with E-state index in [1.54, 1.807) is 31.4 Å². The number of nitrogens with zero attached hydrogens (tertiary/aromatic N) is 1. The van der Waals surface area contributed by atoms with Gasteiger partial charge in [0.15, 0.2) is 0 Å². The van der Waals surface area contributed by atoms with Gasteiger partial charge in [-0.15, -0.1) is 0 Å². The Morgan fingerprint density at radius 2 is 1.94 bits per heavy atom.